The molecule has 0 radical (unpaired) electrons. The molecule has 4 aliphatic rings. The molecule has 0 amide bonds. The fourth-order valence-electron chi connectivity index (χ4n) is 8.06. The van der Waals surface area contributed by atoms with Gasteiger partial charge in [0.25, 0.3) is 0 Å². The van der Waals surface area contributed by atoms with Crippen molar-refractivity contribution in [1.82, 2.24) is 0 Å². The number of fused-ring (bicyclic) bond motifs is 5. The van der Waals surface area contributed by atoms with Crippen LogP contribution < -0.4 is 0 Å². The van der Waals surface area contributed by atoms with Crippen LogP contribution in [-0.2, 0) is 9.53 Å². The van der Waals surface area contributed by atoms with Crippen LogP contribution in [0.25, 0.3) is 0 Å². The van der Waals surface area contributed by atoms with Crippen molar-refractivity contribution in [3.05, 3.63) is 11.6 Å². The van der Waals surface area contributed by atoms with Gasteiger partial charge in [0.1, 0.15) is 6.10 Å². The number of allylic oxidation sites excluding steroid dienone is 2. The van der Waals surface area contributed by atoms with Gasteiger partial charge in [0.15, 0.2) is 0 Å². The Labute approximate surface area is 160 Å². The molecule has 0 aromatic rings. The van der Waals surface area contributed by atoms with Gasteiger partial charge in [-0.2, -0.15) is 0 Å². The fourth-order valence-corrected chi connectivity index (χ4v) is 8.06. The molecule has 0 bridgehead atoms. The number of hydrogen-bond donors (Lipinski definition) is 0. The Balaban J connectivity index is 1.58. The molecule has 0 heterocycles. The Morgan fingerprint density at radius 2 is 1.88 bits per heavy atom. The van der Waals surface area contributed by atoms with Crippen molar-refractivity contribution < 1.29 is 9.53 Å². The predicted octanol–water partition coefficient (Wildman–Crippen LogP) is 6.15. The Hall–Kier alpha value is -0.790. The van der Waals surface area contributed by atoms with Gasteiger partial charge in [-0.1, -0.05) is 32.4 Å². The molecule has 3 unspecified atom stereocenters. The minimum atomic E-state index is -0.116. The normalized spacial score (nSPS) is 48.7. The van der Waals surface area contributed by atoms with Gasteiger partial charge < -0.3 is 4.74 Å². The first kappa shape index (κ1) is 18.6. The van der Waals surface area contributed by atoms with Crippen molar-refractivity contribution in [2.75, 3.05) is 0 Å². The van der Waals surface area contributed by atoms with E-state index in [0.717, 1.165) is 23.7 Å². The monoisotopic (exact) mass is 358 g/mol. The average Bonchev–Trinajstić information content (AvgIpc) is 2.92. The number of ether oxygens (including phenoxy) is 1. The average molecular weight is 359 g/mol. The number of esters is 1. The Kier molecular flexibility index (Phi) is 4.56. The SMILES string of the molecule is CC(=O)O[C@@H](C)[C@H]1CCC2C3CCC4=C[C@@H](C)CC[C@]4(C)C3CC[C@@]21C. The van der Waals surface area contributed by atoms with Crippen LogP contribution in [0.3, 0.4) is 0 Å². The van der Waals surface area contributed by atoms with E-state index in [4.69, 9.17) is 4.74 Å². The summed E-state index contributed by atoms with van der Waals surface area (Å²) < 4.78 is 5.65. The number of rotatable bonds is 2. The van der Waals surface area contributed by atoms with Crippen LogP contribution in [0.1, 0.15) is 86.0 Å². The predicted molar refractivity (Wildman–Crippen MR) is 106 cm³/mol. The summed E-state index contributed by atoms with van der Waals surface area (Å²) in [6, 6.07) is 0. The fraction of sp³-hybridized carbons (Fsp3) is 0.875. The minimum absolute atomic E-state index is 0.0733. The quantitative estimate of drug-likeness (QED) is 0.437. The van der Waals surface area contributed by atoms with E-state index < -0.39 is 0 Å². The summed E-state index contributed by atoms with van der Waals surface area (Å²) >= 11 is 0. The Bertz CT molecular complexity index is 607. The molecule has 4 rings (SSSR count). The highest BCUT2D eigenvalue weighted by Gasteiger charge is 2.59. The molecule has 3 saturated carbocycles. The molecule has 0 N–H and O–H groups in total. The summed E-state index contributed by atoms with van der Waals surface area (Å²) in [5.74, 6) is 3.82. The molecule has 0 aromatic carbocycles. The number of hydrogen-bond acceptors (Lipinski definition) is 2. The van der Waals surface area contributed by atoms with E-state index in [-0.39, 0.29) is 12.1 Å². The van der Waals surface area contributed by atoms with E-state index in [0.29, 0.717) is 16.7 Å². The number of carbonyl (C=O) groups excluding carboxylic acids is 1. The highest BCUT2D eigenvalue weighted by molar-refractivity contribution is 5.66. The van der Waals surface area contributed by atoms with Crippen molar-refractivity contribution >= 4 is 5.97 Å². The lowest BCUT2D eigenvalue weighted by Crippen LogP contribution is -2.51. The van der Waals surface area contributed by atoms with Crippen LogP contribution in [0.15, 0.2) is 11.6 Å². The van der Waals surface area contributed by atoms with Crippen LogP contribution >= 0.6 is 0 Å². The molecule has 0 spiro atoms. The molecule has 2 heteroatoms. The van der Waals surface area contributed by atoms with Crippen LogP contribution in [0, 0.1) is 40.4 Å². The molecule has 26 heavy (non-hydrogen) atoms. The zero-order valence-electron chi connectivity index (χ0n) is 17.5. The van der Waals surface area contributed by atoms with Crippen molar-refractivity contribution in [2.45, 2.75) is 92.1 Å². The van der Waals surface area contributed by atoms with Crippen LogP contribution in [0.4, 0.5) is 0 Å². The summed E-state index contributed by atoms with van der Waals surface area (Å²) in [6.45, 7) is 11.2. The summed E-state index contributed by atoms with van der Waals surface area (Å²) in [6.07, 6.45) is 13.5. The first-order valence-corrected chi connectivity index (χ1v) is 11.1. The second-order valence-corrected chi connectivity index (χ2v) is 10.6. The maximum absolute atomic E-state index is 11.5. The zero-order valence-corrected chi connectivity index (χ0v) is 17.5. The second-order valence-electron chi connectivity index (χ2n) is 10.6. The van der Waals surface area contributed by atoms with E-state index in [9.17, 15) is 4.79 Å². The molecule has 8 atom stereocenters. The van der Waals surface area contributed by atoms with Crippen molar-refractivity contribution in [2.24, 2.45) is 40.4 Å². The van der Waals surface area contributed by atoms with Gasteiger partial charge >= 0.3 is 5.97 Å². The van der Waals surface area contributed by atoms with Crippen LogP contribution in [-0.4, -0.2) is 12.1 Å². The summed E-state index contributed by atoms with van der Waals surface area (Å²) in [5, 5.41) is 0. The van der Waals surface area contributed by atoms with E-state index in [1.54, 1.807) is 12.5 Å². The third kappa shape index (κ3) is 2.69. The highest BCUT2D eigenvalue weighted by atomic mass is 16.5. The van der Waals surface area contributed by atoms with Gasteiger partial charge in [-0.15, -0.1) is 0 Å². The molecule has 0 saturated heterocycles. The molecular weight excluding hydrogens is 320 g/mol. The van der Waals surface area contributed by atoms with Crippen LogP contribution in [0.5, 0.6) is 0 Å². The van der Waals surface area contributed by atoms with Gasteiger partial charge in [0, 0.05) is 12.8 Å². The molecular formula is C24H38O2. The largest absolute Gasteiger partial charge is 0.463 e. The van der Waals surface area contributed by atoms with E-state index >= 15 is 0 Å². The lowest BCUT2D eigenvalue weighted by molar-refractivity contribution is -0.152. The van der Waals surface area contributed by atoms with Gasteiger partial charge in [-0.05, 0) is 92.8 Å². The maximum Gasteiger partial charge on any atom is 0.302 e. The molecule has 146 valence electrons. The molecule has 4 aliphatic carbocycles. The molecule has 0 aromatic heterocycles. The first-order chi connectivity index (χ1) is 12.3. The van der Waals surface area contributed by atoms with Gasteiger partial charge in [-0.25, -0.2) is 0 Å². The Morgan fingerprint density at radius 3 is 2.62 bits per heavy atom. The zero-order chi connectivity index (χ0) is 18.7. The second kappa shape index (κ2) is 6.38. The van der Waals surface area contributed by atoms with E-state index in [2.05, 4.69) is 33.8 Å². The van der Waals surface area contributed by atoms with Gasteiger partial charge in [0.05, 0.1) is 0 Å². The highest BCUT2D eigenvalue weighted by Crippen LogP contribution is 2.67. The third-order valence-electron chi connectivity index (χ3n) is 9.33. The van der Waals surface area contributed by atoms with Crippen molar-refractivity contribution in [3.8, 4) is 0 Å². The first-order valence-electron chi connectivity index (χ1n) is 11.1. The smallest absolute Gasteiger partial charge is 0.302 e. The van der Waals surface area contributed by atoms with Crippen molar-refractivity contribution in [3.63, 3.8) is 0 Å². The molecule has 3 fully saturated rings. The summed E-state index contributed by atoms with van der Waals surface area (Å²) in [5.41, 5.74) is 2.63. The van der Waals surface area contributed by atoms with Crippen LogP contribution in [0.2, 0.25) is 0 Å². The minimum Gasteiger partial charge on any atom is -0.463 e. The standard InChI is InChI=1S/C24H38O2/c1-15-10-12-23(4)18(14-15)6-7-19-21-9-8-20(16(2)26-17(3)25)24(21,5)13-11-22(19)23/h14-16,19-22H,6-13H2,1-5H3/t15-,16-,19?,20+,21?,22?,23-,24+/m0/s1. The molecule has 0 aliphatic heterocycles. The topological polar surface area (TPSA) is 26.3 Å². The number of carbonyl (C=O) groups is 1. The summed E-state index contributed by atoms with van der Waals surface area (Å²) in [4.78, 5) is 11.5. The van der Waals surface area contributed by atoms with Gasteiger partial charge in [-0.3, -0.25) is 4.79 Å². The van der Waals surface area contributed by atoms with Gasteiger partial charge in [0.2, 0.25) is 0 Å². The van der Waals surface area contributed by atoms with Crippen molar-refractivity contribution in [1.29, 1.82) is 0 Å². The Morgan fingerprint density at radius 1 is 1.12 bits per heavy atom. The molecule has 2 nitrogen and oxygen atoms in total. The van der Waals surface area contributed by atoms with E-state index in [1.807, 2.05) is 0 Å². The lowest BCUT2D eigenvalue weighted by atomic mass is 9.46. The maximum atomic E-state index is 11.5. The summed E-state index contributed by atoms with van der Waals surface area (Å²) in [7, 11) is 0. The van der Waals surface area contributed by atoms with E-state index in [1.165, 1.54) is 51.4 Å². The lowest BCUT2D eigenvalue weighted by Gasteiger charge is -2.59. The third-order valence-corrected chi connectivity index (χ3v) is 9.33.